The molecule has 0 saturated carbocycles. The van der Waals surface area contributed by atoms with Gasteiger partial charge < -0.3 is 14.8 Å². The number of nitrogens with zero attached hydrogens (tertiary/aromatic N) is 2. The van der Waals surface area contributed by atoms with Crippen LogP contribution in [0.3, 0.4) is 0 Å². The van der Waals surface area contributed by atoms with Crippen LogP contribution in [0.4, 0.5) is 5.82 Å². The lowest BCUT2D eigenvalue weighted by atomic mass is 10.1. The van der Waals surface area contributed by atoms with E-state index in [1.165, 1.54) is 5.56 Å². The summed E-state index contributed by atoms with van der Waals surface area (Å²) in [5.74, 6) is 2.61. The topological polar surface area (TPSA) is 56.3 Å². The average Bonchev–Trinajstić information content (AvgIpc) is 2.85. The second-order valence-electron chi connectivity index (χ2n) is 5.10. The first kappa shape index (κ1) is 13.7. The van der Waals surface area contributed by atoms with Crippen LogP contribution >= 0.6 is 0 Å². The van der Waals surface area contributed by atoms with Gasteiger partial charge in [0, 0.05) is 30.3 Å². The second kappa shape index (κ2) is 5.99. The molecule has 0 saturated heterocycles. The number of aromatic nitrogens is 2. The molecule has 0 spiro atoms. The molecular weight excluding hydrogens is 266 g/mol. The molecule has 21 heavy (non-hydrogen) atoms. The number of ether oxygens (including phenoxy) is 2. The number of nitrogens with one attached hydrogen (secondary N) is 1. The largest absolute Gasteiger partial charge is 0.494 e. The van der Waals surface area contributed by atoms with Crippen molar-refractivity contribution in [2.24, 2.45) is 0 Å². The number of hydrogen-bond donors (Lipinski definition) is 1. The lowest BCUT2D eigenvalue weighted by molar-refractivity contribution is 0.254. The standard InChI is InChI=1S/C16H19N3O2/c1-3-20-14-8-12-7-11(2)21-15(12)9-13(14)10-17-16-5-4-6-18-19-16/h4-6,8-9,11H,3,7,10H2,1-2H3,(H,17,19). The summed E-state index contributed by atoms with van der Waals surface area (Å²) in [6.07, 6.45) is 2.83. The summed E-state index contributed by atoms with van der Waals surface area (Å²) in [4.78, 5) is 0. The molecule has 1 aliphatic rings. The highest BCUT2D eigenvalue weighted by molar-refractivity contribution is 5.50. The summed E-state index contributed by atoms with van der Waals surface area (Å²) in [7, 11) is 0. The molecule has 0 bridgehead atoms. The van der Waals surface area contributed by atoms with Crippen molar-refractivity contribution in [2.75, 3.05) is 11.9 Å². The van der Waals surface area contributed by atoms with Crippen LogP contribution in [0.5, 0.6) is 11.5 Å². The molecule has 110 valence electrons. The SMILES string of the molecule is CCOc1cc2c(cc1CNc1cccnn1)OC(C)C2. The quantitative estimate of drug-likeness (QED) is 0.915. The van der Waals surface area contributed by atoms with Crippen molar-refractivity contribution < 1.29 is 9.47 Å². The molecule has 1 atom stereocenters. The van der Waals surface area contributed by atoms with Gasteiger partial charge in [0.15, 0.2) is 0 Å². The van der Waals surface area contributed by atoms with Gasteiger partial charge in [0.2, 0.25) is 0 Å². The Labute approximate surface area is 124 Å². The Morgan fingerprint density at radius 3 is 3.10 bits per heavy atom. The molecule has 3 rings (SSSR count). The molecule has 1 N–H and O–H groups in total. The fraction of sp³-hybridized carbons (Fsp3) is 0.375. The van der Waals surface area contributed by atoms with E-state index in [-0.39, 0.29) is 6.10 Å². The van der Waals surface area contributed by atoms with Gasteiger partial charge in [-0.2, -0.15) is 5.10 Å². The van der Waals surface area contributed by atoms with E-state index in [1.54, 1.807) is 6.20 Å². The molecule has 1 aromatic carbocycles. The first-order valence-corrected chi connectivity index (χ1v) is 7.23. The third kappa shape index (κ3) is 3.07. The zero-order valence-corrected chi connectivity index (χ0v) is 12.3. The zero-order valence-electron chi connectivity index (χ0n) is 12.3. The highest BCUT2D eigenvalue weighted by Gasteiger charge is 2.21. The molecule has 1 unspecified atom stereocenters. The molecule has 1 aliphatic heterocycles. The third-order valence-electron chi connectivity index (χ3n) is 3.41. The van der Waals surface area contributed by atoms with E-state index in [4.69, 9.17) is 9.47 Å². The van der Waals surface area contributed by atoms with Crippen LogP contribution in [0.15, 0.2) is 30.5 Å². The van der Waals surface area contributed by atoms with Gasteiger partial charge in [0.1, 0.15) is 23.4 Å². The summed E-state index contributed by atoms with van der Waals surface area (Å²) < 4.78 is 11.6. The molecule has 1 aromatic heterocycles. The van der Waals surface area contributed by atoms with Gasteiger partial charge in [-0.05, 0) is 38.1 Å². The van der Waals surface area contributed by atoms with Crippen LogP contribution in [0.25, 0.3) is 0 Å². The smallest absolute Gasteiger partial charge is 0.148 e. The summed E-state index contributed by atoms with van der Waals surface area (Å²) in [6.45, 7) is 5.34. The van der Waals surface area contributed by atoms with E-state index in [2.05, 4.69) is 34.6 Å². The molecule has 5 nitrogen and oxygen atoms in total. The van der Waals surface area contributed by atoms with Gasteiger partial charge in [-0.3, -0.25) is 0 Å². The number of hydrogen-bond acceptors (Lipinski definition) is 5. The number of benzene rings is 1. The summed E-state index contributed by atoms with van der Waals surface area (Å²) in [5.41, 5.74) is 2.28. The minimum Gasteiger partial charge on any atom is -0.494 e. The van der Waals surface area contributed by atoms with Crippen molar-refractivity contribution >= 4 is 5.82 Å². The Morgan fingerprint density at radius 2 is 2.33 bits per heavy atom. The van der Waals surface area contributed by atoms with Crippen molar-refractivity contribution in [1.29, 1.82) is 0 Å². The van der Waals surface area contributed by atoms with Crippen LogP contribution < -0.4 is 14.8 Å². The van der Waals surface area contributed by atoms with Crippen molar-refractivity contribution in [3.63, 3.8) is 0 Å². The normalized spacial score (nSPS) is 16.2. The highest BCUT2D eigenvalue weighted by atomic mass is 16.5. The molecular formula is C16H19N3O2. The van der Waals surface area contributed by atoms with Crippen molar-refractivity contribution in [2.45, 2.75) is 32.9 Å². The second-order valence-corrected chi connectivity index (χ2v) is 5.10. The molecule has 0 aliphatic carbocycles. The van der Waals surface area contributed by atoms with Gasteiger partial charge >= 0.3 is 0 Å². The molecule has 5 heteroatoms. The first-order valence-electron chi connectivity index (χ1n) is 7.23. The van der Waals surface area contributed by atoms with E-state index < -0.39 is 0 Å². The van der Waals surface area contributed by atoms with Gasteiger partial charge in [-0.15, -0.1) is 5.10 Å². The van der Waals surface area contributed by atoms with Crippen LogP contribution in [-0.2, 0) is 13.0 Å². The Balaban J connectivity index is 1.81. The van der Waals surface area contributed by atoms with Crippen molar-refractivity contribution in [3.8, 4) is 11.5 Å². The summed E-state index contributed by atoms with van der Waals surface area (Å²) >= 11 is 0. The predicted molar refractivity (Wildman–Crippen MR) is 80.8 cm³/mol. The van der Waals surface area contributed by atoms with Crippen LogP contribution in [0.2, 0.25) is 0 Å². The van der Waals surface area contributed by atoms with Gasteiger partial charge in [0.05, 0.1) is 6.61 Å². The van der Waals surface area contributed by atoms with E-state index in [9.17, 15) is 0 Å². The molecule has 0 amide bonds. The maximum Gasteiger partial charge on any atom is 0.148 e. The zero-order chi connectivity index (χ0) is 14.7. The van der Waals surface area contributed by atoms with E-state index in [0.717, 1.165) is 29.3 Å². The lowest BCUT2D eigenvalue weighted by Crippen LogP contribution is -2.06. The average molecular weight is 285 g/mol. The molecule has 2 aromatic rings. The maximum atomic E-state index is 5.82. The van der Waals surface area contributed by atoms with Gasteiger partial charge in [0.25, 0.3) is 0 Å². The Kier molecular flexibility index (Phi) is 3.90. The Bertz CT molecular complexity index is 616. The van der Waals surface area contributed by atoms with Crippen molar-refractivity contribution in [3.05, 3.63) is 41.6 Å². The highest BCUT2D eigenvalue weighted by Crippen LogP contribution is 2.35. The summed E-state index contributed by atoms with van der Waals surface area (Å²) in [6, 6.07) is 7.90. The molecule has 2 heterocycles. The van der Waals surface area contributed by atoms with E-state index in [1.807, 2.05) is 19.1 Å². The van der Waals surface area contributed by atoms with Crippen molar-refractivity contribution in [1.82, 2.24) is 10.2 Å². The number of fused-ring (bicyclic) bond motifs is 1. The number of rotatable bonds is 5. The fourth-order valence-electron chi connectivity index (χ4n) is 2.49. The van der Waals surface area contributed by atoms with Crippen LogP contribution in [0.1, 0.15) is 25.0 Å². The maximum absolute atomic E-state index is 5.82. The predicted octanol–water partition coefficient (Wildman–Crippen LogP) is 2.81. The fourth-order valence-corrected chi connectivity index (χ4v) is 2.49. The Morgan fingerprint density at radius 1 is 1.43 bits per heavy atom. The van der Waals surface area contributed by atoms with Crippen LogP contribution in [-0.4, -0.2) is 22.9 Å². The molecule has 0 radical (unpaired) electrons. The lowest BCUT2D eigenvalue weighted by Gasteiger charge is -2.13. The summed E-state index contributed by atoms with van der Waals surface area (Å²) in [5, 5.41) is 11.1. The monoisotopic (exact) mass is 285 g/mol. The van der Waals surface area contributed by atoms with Gasteiger partial charge in [-0.25, -0.2) is 0 Å². The minimum absolute atomic E-state index is 0.234. The first-order chi connectivity index (χ1) is 10.3. The van der Waals surface area contributed by atoms with E-state index in [0.29, 0.717) is 13.2 Å². The Hall–Kier alpha value is -2.30. The van der Waals surface area contributed by atoms with Gasteiger partial charge in [-0.1, -0.05) is 0 Å². The number of anilines is 1. The minimum atomic E-state index is 0.234. The third-order valence-corrected chi connectivity index (χ3v) is 3.41. The van der Waals surface area contributed by atoms with E-state index >= 15 is 0 Å². The van der Waals surface area contributed by atoms with Crippen LogP contribution in [0, 0.1) is 0 Å². The molecule has 0 fully saturated rings.